The van der Waals surface area contributed by atoms with Crippen molar-refractivity contribution in [3.05, 3.63) is 71.7 Å². The lowest BCUT2D eigenvalue weighted by Gasteiger charge is -2.33. The number of rotatable bonds is 5. The summed E-state index contributed by atoms with van der Waals surface area (Å²) in [5.41, 5.74) is 6.20. The molecule has 1 fully saturated rings. The Morgan fingerprint density at radius 2 is 1.94 bits per heavy atom. The smallest absolute Gasteiger partial charge is 0.129 e. The van der Waals surface area contributed by atoms with Crippen molar-refractivity contribution in [1.82, 2.24) is 10.5 Å². The molecule has 3 aromatic rings. The molecule has 1 aliphatic rings. The van der Waals surface area contributed by atoms with Crippen LogP contribution < -0.4 is 5.48 Å². The summed E-state index contributed by atoms with van der Waals surface area (Å²) >= 11 is 0. The van der Waals surface area contributed by atoms with Gasteiger partial charge in [-0.1, -0.05) is 19.1 Å². The molecule has 1 unspecified atom stereocenters. The summed E-state index contributed by atoms with van der Waals surface area (Å²) < 4.78 is 13.8. The lowest BCUT2D eigenvalue weighted by molar-refractivity contribution is 0.213. The van der Waals surface area contributed by atoms with Crippen LogP contribution in [0, 0.1) is 30.0 Å². The van der Waals surface area contributed by atoms with Gasteiger partial charge in [-0.15, -0.1) is 12.3 Å². The number of fused-ring (bicyclic) bond motifs is 1. The standard InChI is InChI=1S/C27H28FN3O/c1-3-4-19-5-12-23(13-6-19)30-27(31-32)18(2)20-7-9-21(10-8-20)24-15-16-29-26-14-11-22(28)17-25(24)26/h1,5-6,11-18,20-21,32H,4,7-10H2,2H3,(H,30,31). The Hall–Kier alpha value is -3.23. The van der Waals surface area contributed by atoms with E-state index >= 15 is 0 Å². The van der Waals surface area contributed by atoms with Gasteiger partial charge in [0, 0.05) is 23.9 Å². The normalized spacial score (nSPS) is 20.0. The number of nitrogens with zero attached hydrogens (tertiary/aromatic N) is 2. The summed E-state index contributed by atoms with van der Waals surface area (Å²) in [4.78, 5) is 9.02. The molecule has 0 saturated heterocycles. The molecule has 0 amide bonds. The van der Waals surface area contributed by atoms with Gasteiger partial charge < -0.3 is 0 Å². The first kappa shape index (κ1) is 22.0. The highest BCUT2D eigenvalue weighted by atomic mass is 19.1. The Labute approximate surface area is 188 Å². The lowest BCUT2D eigenvalue weighted by atomic mass is 9.73. The summed E-state index contributed by atoms with van der Waals surface area (Å²) in [5, 5.41) is 10.7. The second-order valence-electron chi connectivity index (χ2n) is 8.62. The van der Waals surface area contributed by atoms with E-state index in [0.717, 1.165) is 47.8 Å². The number of benzene rings is 2. The fourth-order valence-corrected chi connectivity index (χ4v) is 4.82. The fraction of sp³-hybridized carbons (Fsp3) is 0.333. The van der Waals surface area contributed by atoms with Crippen molar-refractivity contribution >= 4 is 22.4 Å². The number of hydroxylamine groups is 1. The third-order valence-electron chi connectivity index (χ3n) is 6.69. The highest BCUT2D eigenvalue weighted by Crippen LogP contribution is 2.41. The predicted octanol–water partition coefficient (Wildman–Crippen LogP) is 6.17. The summed E-state index contributed by atoms with van der Waals surface area (Å²) in [7, 11) is 0. The van der Waals surface area contributed by atoms with Gasteiger partial charge in [0.1, 0.15) is 11.7 Å². The second-order valence-corrected chi connectivity index (χ2v) is 8.62. The van der Waals surface area contributed by atoms with Gasteiger partial charge in [0.2, 0.25) is 0 Å². The van der Waals surface area contributed by atoms with Gasteiger partial charge in [0.25, 0.3) is 0 Å². The molecule has 0 spiro atoms. The maximum absolute atomic E-state index is 13.8. The number of nitrogens with one attached hydrogen (secondary N) is 1. The molecule has 1 atom stereocenters. The number of halogens is 1. The Bertz CT molecular complexity index is 1140. The number of hydrogen-bond acceptors (Lipinski definition) is 3. The summed E-state index contributed by atoms with van der Waals surface area (Å²) in [6, 6.07) is 14.6. The quantitative estimate of drug-likeness (QED) is 0.221. The number of aromatic nitrogens is 1. The molecule has 1 saturated carbocycles. The largest absolute Gasteiger partial charge is 0.290 e. The minimum absolute atomic E-state index is 0.0953. The van der Waals surface area contributed by atoms with E-state index in [1.54, 1.807) is 12.1 Å². The predicted molar refractivity (Wildman–Crippen MR) is 127 cm³/mol. The van der Waals surface area contributed by atoms with Gasteiger partial charge >= 0.3 is 0 Å². The highest BCUT2D eigenvalue weighted by molar-refractivity contribution is 5.86. The molecule has 1 aliphatic carbocycles. The summed E-state index contributed by atoms with van der Waals surface area (Å²) in [5.74, 6) is 3.88. The third kappa shape index (κ3) is 4.81. The van der Waals surface area contributed by atoms with Crippen molar-refractivity contribution in [3.63, 3.8) is 0 Å². The maximum atomic E-state index is 13.8. The van der Waals surface area contributed by atoms with E-state index in [-0.39, 0.29) is 11.7 Å². The van der Waals surface area contributed by atoms with Crippen molar-refractivity contribution in [2.45, 2.75) is 44.9 Å². The van der Waals surface area contributed by atoms with Crippen molar-refractivity contribution in [3.8, 4) is 12.3 Å². The van der Waals surface area contributed by atoms with Crippen molar-refractivity contribution in [2.75, 3.05) is 0 Å². The fourth-order valence-electron chi connectivity index (χ4n) is 4.82. The molecular formula is C27H28FN3O. The van der Waals surface area contributed by atoms with E-state index in [1.807, 2.05) is 36.5 Å². The average molecular weight is 430 g/mol. The molecular weight excluding hydrogens is 401 g/mol. The van der Waals surface area contributed by atoms with Crippen molar-refractivity contribution < 1.29 is 9.60 Å². The molecule has 0 aliphatic heterocycles. The van der Waals surface area contributed by atoms with Gasteiger partial charge in [-0.2, -0.15) is 0 Å². The third-order valence-corrected chi connectivity index (χ3v) is 6.69. The minimum Gasteiger partial charge on any atom is -0.290 e. The van der Waals surface area contributed by atoms with Crippen LogP contribution in [0.15, 0.2) is 59.7 Å². The van der Waals surface area contributed by atoms with E-state index in [4.69, 9.17) is 6.42 Å². The Morgan fingerprint density at radius 1 is 1.19 bits per heavy atom. The molecule has 1 heterocycles. The summed E-state index contributed by atoms with van der Waals surface area (Å²) in [6.45, 7) is 2.11. The van der Waals surface area contributed by atoms with E-state index in [1.165, 1.54) is 11.6 Å². The van der Waals surface area contributed by atoms with Crippen LogP contribution in [-0.2, 0) is 6.42 Å². The molecule has 0 radical (unpaired) electrons. The Kier molecular flexibility index (Phi) is 6.82. The topological polar surface area (TPSA) is 57.5 Å². The average Bonchev–Trinajstić information content (AvgIpc) is 2.83. The van der Waals surface area contributed by atoms with E-state index in [2.05, 4.69) is 28.3 Å². The van der Waals surface area contributed by atoms with Crippen LogP contribution in [0.5, 0.6) is 0 Å². The number of terminal acetylenes is 1. The molecule has 164 valence electrons. The van der Waals surface area contributed by atoms with Crippen LogP contribution in [0.25, 0.3) is 10.9 Å². The first-order valence-corrected chi connectivity index (χ1v) is 11.1. The van der Waals surface area contributed by atoms with Gasteiger partial charge in [-0.25, -0.2) is 9.38 Å². The monoisotopic (exact) mass is 429 g/mol. The maximum Gasteiger partial charge on any atom is 0.129 e. The molecule has 2 aromatic carbocycles. The zero-order valence-electron chi connectivity index (χ0n) is 18.3. The first-order valence-electron chi connectivity index (χ1n) is 11.1. The minimum atomic E-state index is -0.226. The number of aliphatic imine (C=N–C) groups is 1. The molecule has 32 heavy (non-hydrogen) atoms. The van der Waals surface area contributed by atoms with Crippen LogP contribution in [0.3, 0.4) is 0 Å². The van der Waals surface area contributed by atoms with Crippen molar-refractivity contribution in [2.24, 2.45) is 16.8 Å². The zero-order valence-corrected chi connectivity index (χ0v) is 18.3. The van der Waals surface area contributed by atoms with E-state index in [9.17, 15) is 9.60 Å². The van der Waals surface area contributed by atoms with Gasteiger partial charge in [-0.05, 0) is 85.0 Å². The lowest BCUT2D eigenvalue weighted by Crippen LogP contribution is -2.33. The number of amidine groups is 1. The van der Waals surface area contributed by atoms with Gasteiger partial charge in [-0.3, -0.25) is 15.7 Å². The van der Waals surface area contributed by atoms with Gasteiger partial charge in [0.15, 0.2) is 0 Å². The second kappa shape index (κ2) is 9.93. The molecule has 4 rings (SSSR count). The van der Waals surface area contributed by atoms with E-state index in [0.29, 0.717) is 24.1 Å². The van der Waals surface area contributed by atoms with Crippen LogP contribution in [-0.4, -0.2) is 16.0 Å². The number of hydrogen-bond donors (Lipinski definition) is 2. The first-order chi connectivity index (χ1) is 15.6. The number of pyridine rings is 1. The SMILES string of the molecule is C#CCc1ccc(N=C(NO)C(C)C2CCC(c3ccnc4ccc(F)cc34)CC2)cc1. The Balaban J connectivity index is 1.45. The van der Waals surface area contributed by atoms with Crippen molar-refractivity contribution in [1.29, 1.82) is 0 Å². The van der Waals surface area contributed by atoms with Crippen LogP contribution >= 0.6 is 0 Å². The zero-order chi connectivity index (χ0) is 22.5. The van der Waals surface area contributed by atoms with E-state index < -0.39 is 0 Å². The molecule has 4 nitrogen and oxygen atoms in total. The highest BCUT2D eigenvalue weighted by Gasteiger charge is 2.29. The molecule has 5 heteroatoms. The van der Waals surface area contributed by atoms with Gasteiger partial charge in [0.05, 0.1) is 11.2 Å². The van der Waals surface area contributed by atoms with Crippen LogP contribution in [0.4, 0.5) is 10.1 Å². The molecule has 1 aromatic heterocycles. The molecule has 2 N–H and O–H groups in total. The van der Waals surface area contributed by atoms with Crippen LogP contribution in [0.2, 0.25) is 0 Å². The molecule has 0 bridgehead atoms. The van der Waals surface area contributed by atoms with Crippen LogP contribution in [0.1, 0.15) is 49.7 Å². The summed E-state index contributed by atoms with van der Waals surface area (Å²) in [6.07, 6.45) is 11.9. The Morgan fingerprint density at radius 3 is 2.62 bits per heavy atom.